The molecule has 0 amide bonds. The lowest BCUT2D eigenvalue weighted by Gasteiger charge is -2.28. The van der Waals surface area contributed by atoms with Gasteiger partial charge in [0.15, 0.2) is 11.5 Å². The Kier molecular flexibility index (Phi) is 3.88. The molecule has 7 heteroatoms. The van der Waals surface area contributed by atoms with Crippen LogP contribution < -0.4 is 10.2 Å². The lowest BCUT2D eigenvalue weighted by atomic mass is 10.2. The molecule has 0 spiro atoms. The fourth-order valence-corrected chi connectivity index (χ4v) is 3.08. The summed E-state index contributed by atoms with van der Waals surface area (Å²) in [6.45, 7) is 3.47. The number of nitrogens with zero attached hydrogens (tertiary/aromatic N) is 4. The molecular weight excluding hydrogens is 358 g/mol. The molecule has 0 unspecified atom stereocenters. The summed E-state index contributed by atoms with van der Waals surface area (Å²) in [5, 5.41) is 3.33. The SMILES string of the molecule is Brc1cnc2c(Nc3ccc(N4CCOCC4)cc3)nccn12. The van der Waals surface area contributed by atoms with Crippen LogP contribution >= 0.6 is 15.9 Å². The maximum absolute atomic E-state index is 5.39. The molecule has 1 N–H and O–H groups in total. The minimum atomic E-state index is 0.734. The maximum Gasteiger partial charge on any atom is 0.181 e. The number of hydrogen-bond donors (Lipinski definition) is 1. The Balaban J connectivity index is 1.56. The van der Waals surface area contributed by atoms with Gasteiger partial charge in [0.05, 0.1) is 19.4 Å². The molecule has 3 aromatic rings. The lowest BCUT2D eigenvalue weighted by molar-refractivity contribution is 0.122. The molecule has 1 saturated heterocycles. The smallest absolute Gasteiger partial charge is 0.181 e. The molecule has 0 bridgehead atoms. The first-order valence-electron chi connectivity index (χ1n) is 7.48. The van der Waals surface area contributed by atoms with Gasteiger partial charge in [-0.3, -0.25) is 4.40 Å². The molecule has 6 nitrogen and oxygen atoms in total. The zero-order chi connectivity index (χ0) is 15.6. The molecule has 0 radical (unpaired) electrons. The van der Waals surface area contributed by atoms with Gasteiger partial charge in [-0.1, -0.05) is 0 Å². The van der Waals surface area contributed by atoms with Gasteiger partial charge >= 0.3 is 0 Å². The Hall–Kier alpha value is -2.12. The van der Waals surface area contributed by atoms with E-state index in [2.05, 4.69) is 60.4 Å². The highest BCUT2D eigenvalue weighted by molar-refractivity contribution is 9.10. The van der Waals surface area contributed by atoms with Crippen molar-refractivity contribution in [2.75, 3.05) is 36.5 Å². The highest BCUT2D eigenvalue weighted by Gasteiger charge is 2.11. The molecule has 1 aliphatic rings. The second-order valence-corrected chi connectivity index (χ2v) is 6.13. The first-order chi connectivity index (χ1) is 11.3. The maximum atomic E-state index is 5.39. The Morgan fingerprint density at radius 3 is 2.65 bits per heavy atom. The highest BCUT2D eigenvalue weighted by Crippen LogP contribution is 2.24. The quantitative estimate of drug-likeness (QED) is 0.764. The van der Waals surface area contributed by atoms with Crippen LogP contribution in [0.5, 0.6) is 0 Å². The third-order valence-electron chi connectivity index (χ3n) is 3.89. The molecule has 0 saturated carbocycles. The Bertz CT molecular complexity index is 811. The number of hydrogen-bond acceptors (Lipinski definition) is 5. The Labute approximate surface area is 142 Å². The Morgan fingerprint density at radius 1 is 1.09 bits per heavy atom. The molecule has 1 aliphatic heterocycles. The Morgan fingerprint density at radius 2 is 1.87 bits per heavy atom. The van der Waals surface area contributed by atoms with Crippen molar-refractivity contribution in [1.82, 2.24) is 14.4 Å². The van der Waals surface area contributed by atoms with Crippen LogP contribution in [0.25, 0.3) is 5.65 Å². The van der Waals surface area contributed by atoms with E-state index in [0.717, 1.165) is 48.1 Å². The normalized spacial score (nSPS) is 15.1. The first kappa shape index (κ1) is 14.5. The van der Waals surface area contributed by atoms with E-state index in [1.165, 1.54) is 5.69 Å². The van der Waals surface area contributed by atoms with E-state index in [0.29, 0.717) is 0 Å². The van der Waals surface area contributed by atoms with Crippen molar-refractivity contribution in [3.05, 3.63) is 47.5 Å². The summed E-state index contributed by atoms with van der Waals surface area (Å²) >= 11 is 3.47. The highest BCUT2D eigenvalue weighted by atomic mass is 79.9. The minimum absolute atomic E-state index is 0.734. The van der Waals surface area contributed by atoms with E-state index in [4.69, 9.17) is 4.74 Å². The van der Waals surface area contributed by atoms with Crippen molar-refractivity contribution in [3.63, 3.8) is 0 Å². The fraction of sp³-hybridized carbons (Fsp3) is 0.250. The standard InChI is InChI=1S/C16H16BrN5O/c17-14-11-19-16-15(18-5-6-22(14)16)20-12-1-3-13(4-2-12)21-7-9-23-10-8-21/h1-6,11H,7-10H2,(H,18,20). The van der Waals surface area contributed by atoms with E-state index < -0.39 is 0 Å². The topological polar surface area (TPSA) is 54.7 Å². The average molecular weight is 374 g/mol. The summed E-state index contributed by atoms with van der Waals surface area (Å²) < 4.78 is 8.24. The van der Waals surface area contributed by atoms with E-state index in [1.54, 1.807) is 12.4 Å². The number of imidazole rings is 1. The molecule has 1 fully saturated rings. The predicted molar refractivity (Wildman–Crippen MR) is 93.4 cm³/mol. The van der Waals surface area contributed by atoms with Gasteiger partial charge in [-0.2, -0.15) is 0 Å². The monoisotopic (exact) mass is 373 g/mol. The van der Waals surface area contributed by atoms with Crippen LogP contribution in [0.4, 0.5) is 17.2 Å². The van der Waals surface area contributed by atoms with Crippen molar-refractivity contribution < 1.29 is 4.74 Å². The summed E-state index contributed by atoms with van der Waals surface area (Å²) in [6, 6.07) is 8.37. The molecule has 4 rings (SSSR count). The van der Waals surface area contributed by atoms with E-state index in [9.17, 15) is 0 Å². The van der Waals surface area contributed by atoms with Crippen LogP contribution in [-0.4, -0.2) is 40.7 Å². The zero-order valence-corrected chi connectivity index (χ0v) is 14.0. The molecule has 0 atom stereocenters. The largest absolute Gasteiger partial charge is 0.378 e. The molecule has 0 aliphatic carbocycles. The first-order valence-corrected chi connectivity index (χ1v) is 8.28. The van der Waals surface area contributed by atoms with Gasteiger partial charge in [0, 0.05) is 36.9 Å². The molecule has 23 heavy (non-hydrogen) atoms. The predicted octanol–water partition coefficient (Wildman–Crippen LogP) is 3.07. The van der Waals surface area contributed by atoms with Gasteiger partial charge in [-0.05, 0) is 40.2 Å². The third-order valence-corrected chi connectivity index (χ3v) is 4.48. The third kappa shape index (κ3) is 2.89. The number of rotatable bonds is 3. The van der Waals surface area contributed by atoms with Gasteiger partial charge in [-0.15, -0.1) is 0 Å². The van der Waals surface area contributed by atoms with Crippen LogP contribution in [0.2, 0.25) is 0 Å². The molecular formula is C16H16BrN5O. The van der Waals surface area contributed by atoms with Crippen molar-refractivity contribution >= 4 is 38.8 Å². The van der Waals surface area contributed by atoms with E-state index >= 15 is 0 Å². The second-order valence-electron chi connectivity index (χ2n) is 5.32. The number of aromatic nitrogens is 3. The number of morpholine rings is 1. The van der Waals surface area contributed by atoms with Crippen molar-refractivity contribution in [1.29, 1.82) is 0 Å². The van der Waals surface area contributed by atoms with Gasteiger partial charge in [0.25, 0.3) is 0 Å². The number of halogens is 1. The van der Waals surface area contributed by atoms with Gasteiger partial charge < -0.3 is 15.0 Å². The fourth-order valence-electron chi connectivity index (χ4n) is 2.69. The summed E-state index contributed by atoms with van der Waals surface area (Å²) in [6.07, 6.45) is 5.40. The van der Waals surface area contributed by atoms with Crippen molar-refractivity contribution in [2.24, 2.45) is 0 Å². The minimum Gasteiger partial charge on any atom is -0.378 e. The summed E-state index contributed by atoms with van der Waals surface area (Å²) in [5.41, 5.74) is 2.99. The molecule has 2 aromatic heterocycles. The van der Waals surface area contributed by atoms with Crippen molar-refractivity contribution in [3.8, 4) is 0 Å². The van der Waals surface area contributed by atoms with Crippen LogP contribution in [-0.2, 0) is 4.74 Å². The lowest BCUT2D eigenvalue weighted by Crippen LogP contribution is -2.36. The van der Waals surface area contributed by atoms with Crippen LogP contribution in [0, 0.1) is 0 Å². The number of fused-ring (bicyclic) bond motifs is 1. The van der Waals surface area contributed by atoms with E-state index in [-0.39, 0.29) is 0 Å². The number of nitrogens with one attached hydrogen (secondary N) is 1. The van der Waals surface area contributed by atoms with Crippen LogP contribution in [0.1, 0.15) is 0 Å². The summed E-state index contributed by atoms with van der Waals surface area (Å²) in [4.78, 5) is 11.1. The van der Waals surface area contributed by atoms with Gasteiger partial charge in [-0.25, -0.2) is 9.97 Å². The molecule has 1 aromatic carbocycles. The summed E-state index contributed by atoms with van der Waals surface area (Å²) in [5.74, 6) is 0.734. The van der Waals surface area contributed by atoms with Gasteiger partial charge in [0.1, 0.15) is 4.60 Å². The van der Waals surface area contributed by atoms with Crippen molar-refractivity contribution in [2.45, 2.75) is 0 Å². The number of benzene rings is 1. The number of anilines is 3. The number of ether oxygens (including phenoxy) is 1. The zero-order valence-electron chi connectivity index (χ0n) is 12.4. The molecule has 118 valence electrons. The second kappa shape index (κ2) is 6.17. The van der Waals surface area contributed by atoms with Crippen LogP contribution in [0.15, 0.2) is 47.5 Å². The van der Waals surface area contributed by atoms with Crippen LogP contribution in [0.3, 0.4) is 0 Å². The van der Waals surface area contributed by atoms with E-state index in [1.807, 2.05) is 10.6 Å². The molecule has 3 heterocycles. The summed E-state index contributed by atoms with van der Waals surface area (Å²) in [7, 11) is 0. The average Bonchev–Trinajstić information content (AvgIpc) is 2.99. The van der Waals surface area contributed by atoms with Gasteiger partial charge in [0.2, 0.25) is 0 Å².